The lowest BCUT2D eigenvalue weighted by molar-refractivity contribution is -0.139. The van der Waals surface area contributed by atoms with Crippen molar-refractivity contribution in [1.82, 2.24) is 0 Å². The lowest BCUT2D eigenvalue weighted by atomic mass is 9.72. The number of methoxy groups -OCH3 is 2. The number of halogens is 1. The van der Waals surface area contributed by atoms with Crippen molar-refractivity contribution in [2.24, 2.45) is 11.7 Å². The van der Waals surface area contributed by atoms with Gasteiger partial charge in [0.2, 0.25) is 0 Å². The van der Waals surface area contributed by atoms with E-state index in [-0.39, 0.29) is 41.8 Å². The second kappa shape index (κ2) is 12.7. The number of aliphatic carboxylic acids is 1. The SMILES string of the molecule is COc1cc(OC)c(C2CCCCC2C[C@H](N)C(=O)O)c(OC=O)c1C(=O)/C=C/c1cccc(Br)c1. The van der Waals surface area contributed by atoms with Gasteiger partial charge in [0, 0.05) is 16.1 Å². The summed E-state index contributed by atoms with van der Waals surface area (Å²) in [5.41, 5.74) is 7.33. The Morgan fingerprint density at radius 1 is 1.17 bits per heavy atom. The summed E-state index contributed by atoms with van der Waals surface area (Å²) in [6.07, 6.45) is 6.59. The van der Waals surface area contributed by atoms with E-state index in [4.69, 9.17) is 19.9 Å². The van der Waals surface area contributed by atoms with Gasteiger partial charge in [0.25, 0.3) is 6.47 Å². The highest BCUT2D eigenvalue weighted by atomic mass is 79.9. The average molecular weight is 560 g/mol. The van der Waals surface area contributed by atoms with Crippen LogP contribution in [0.2, 0.25) is 0 Å². The molecule has 1 aliphatic rings. The maximum atomic E-state index is 13.4. The van der Waals surface area contributed by atoms with Crippen molar-refractivity contribution in [2.75, 3.05) is 14.2 Å². The molecule has 3 rings (SSSR count). The van der Waals surface area contributed by atoms with Gasteiger partial charge in [-0.2, -0.15) is 0 Å². The van der Waals surface area contributed by atoms with Crippen LogP contribution in [0.1, 0.15) is 59.5 Å². The first-order chi connectivity index (χ1) is 17.3. The third-order valence-electron chi connectivity index (χ3n) is 6.53. The monoisotopic (exact) mass is 559 g/mol. The van der Waals surface area contributed by atoms with E-state index in [0.717, 1.165) is 29.3 Å². The Bertz CT molecular complexity index is 1150. The fourth-order valence-electron chi connectivity index (χ4n) is 4.87. The van der Waals surface area contributed by atoms with Crippen LogP contribution in [-0.2, 0) is 9.59 Å². The number of allylic oxidation sites excluding steroid dienone is 1. The van der Waals surface area contributed by atoms with Gasteiger partial charge in [-0.15, -0.1) is 0 Å². The predicted octanol–water partition coefficient (Wildman–Crippen LogP) is 4.97. The van der Waals surface area contributed by atoms with E-state index in [1.165, 1.54) is 20.3 Å². The van der Waals surface area contributed by atoms with Crippen LogP contribution in [0.5, 0.6) is 17.2 Å². The van der Waals surface area contributed by atoms with Crippen LogP contribution in [0.3, 0.4) is 0 Å². The second-order valence-corrected chi connectivity index (χ2v) is 9.61. The van der Waals surface area contributed by atoms with E-state index in [9.17, 15) is 19.5 Å². The first-order valence-corrected chi connectivity index (χ1v) is 12.5. The van der Waals surface area contributed by atoms with Crippen LogP contribution in [0.25, 0.3) is 6.08 Å². The Balaban J connectivity index is 2.14. The summed E-state index contributed by atoms with van der Waals surface area (Å²) in [6, 6.07) is 8.03. The van der Waals surface area contributed by atoms with E-state index < -0.39 is 17.8 Å². The second-order valence-electron chi connectivity index (χ2n) is 8.70. The molecule has 1 saturated carbocycles. The van der Waals surface area contributed by atoms with Crippen molar-refractivity contribution in [2.45, 2.75) is 44.1 Å². The summed E-state index contributed by atoms with van der Waals surface area (Å²) in [5, 5.41) is 9.37. The van der Waals surface area contributed by atoms with Crippen LogP contribution in [0.15, 0.2) is 40.9 Å². The molecule has 0 spiro atoms. The van der Waals surface area contributed by atoms with Gasteiger partial charge >= 0.3 is 5.97 Å². The highest BCUT2D eigenvalue weighted by Gasteiger charge is 2.36. The zero-order valence-electron chi connectivity index (χ0n) is 20.2. The maximum absolute atomic E-state index is 13.4. The number of carboxylic acids is 1. The number of hydrogen-bond donors (Lipinski definition) is 2. The van der Waals surface area contributed by atoms with Crippen LogP contribution < -0.4 is 19.9 Å². The Labute approximate surface area is 218 Å². The molecule has 1 fully saturated rings. The molecule has 192 valence electrons. The molecule has 0 aliphatic heterocycles. The minimum absolute atomic E-state index is 0.0610. The number of nitrogens with two attached hydrogens (primary N) is 1. The smallest absolute Gasteiger partial charge is 0.320 e. The van der Waals surface area contributed by atoms with Crippen LogP contribution >= 0.6 is 15.9 Å². The van der Waals surface area contributed by atoms with E-state index in [0.29, 0.717) is 17.7 Å². The Kier molecular flexibility index (Phi) is 9.66. The fraction of sp³-hybridized carbons (Fsp3) is 0.370. The molecule has 3 N–H and O–H groups in total. The Morgan fingerprint density at radius 2 is 1.89 bits per heavy atom. The minimum Gasteiger partial charge on any atom is -0.496 e. The highest BCUT2D eigenvalue weighted by molar-refractivity contribution is 9.10. The lowest BCUT2D eigenvalue weighted by Crippen LogP contribution is -2.35. The molecule has 0 aromatic heterocycles. The van der Waals surface area contributed by atoms with Crippen molar-refractivity contribution in [3.63, 3.8) is 0 Å². The van der Waals surface area contributed by atoms with Crippen molar-refractivity contribution in [3.05, 3.63) is 57.6 Å². The molecular formula is C27H30BrNO7. The number of carboxylic acid groups (broad SMARTS) is 1. The molecule has 36 heavy (non-hydrogen) atoms. The molecule has 0 radical (unpaired) electrons. The Morgan fingerprint density at radius 3 is 2.53 bits per heavy atom. The van der Waals surface area contributed by atoms with Crippen LogP contribution in [-0.4, -0.2) is 43.6 Å². The van der Waals surface area contributed by atoms with E-state index in [2.05, 4.69) is 15.9 Å². The summed E-state index contributed by atoms with van der Waals surface area (Å²) >= 11 is 3.41. The first kappa shape index (κ1) is 27.4. The summed E-state index contributed by atoms with van der Waals surface area (Å²) < 4.78 is 17.5. The number of hydrogen-bond acceptors (Lipinski definition) is 7. The van der Waals surface area contributed by atoms with Gasteiger partial charge in [0.1, 0.15) is 23.1 Å². The number of ether oxygens (including phenoxy) is 3. The fourth-order valence-corrected chi connectivity index (χ4v) is 5.29. The molecular weight excluding hydrogens is 530 g/mol. The number of benzene rings is 2. The molecule has 3 atom stereocenters. The van der Waals surface area contributed by atoms with Gasteiger partial charge in [0.15, 0.2) is 11.5 Å². The van der Waals surface area contributed by atoms with Crippen molar-refractivity contribution >= 4 is 40.2 Å². The normalized spacial score (nSPS) is 18.4. The minimum atomic E-state index is -1.07. The van der Waals surface area contributed by atoms with Gasteiger partial charge in [-0.25, -0.2) is 0 Å². The van der Waals surface area contributed by atoms with Crippen LogP contribution in [0.4, 0.5) is 0 Å². The third-order valence-corrected chi connectivity index (χ3v) is 7.02. The van der Waals surface area contributed by atoms with Crippen molar-refractivity contribution in [3.8, 4) is 17.2 Å². The predicted molar refractivity (Wildman–Crippen MR) is 139 cm³/mol. The molecule has 8 nitrogen and oxygen atoms in total. The van der Waals surface area contributed by atoms with Crippen molar-refractivity contribution < 1.29 is 33.7 Å². The third kappa shape index (κ3) is 6.33. The van der Waals surface area contributed by atoms with Crippen LogP contribution in [0, 0.1) is 5.92 Å². The number of carbonyl (C=O) groups is 3. The van der Waals surface area contributed by atoms with E-state index in [1.54, 1.807) is 12.1 Å². The van der Waals surface area contributed by atoms with E-state index >= 15 is 0 Å². The van der Waals surface area contributed by atoms with Gasteiger partial charge in [-0.3, -0.25) is 14.4 Å². The molecule has 0 heterocycles. The molecule has 0 saturated heterocycles. The highest BCUT2D eigenvalue weighted by Crippen LogP contribution is 2.50. The number of carbonyl (C=O) groups excluding carboxylic acids is 2. The maximum Gasteiger partial charge on any atom is 0.320 e. The summed E-state index contributed by atoms with van der Waals surface area (Å²) in [5.74, 6) is -1.14. The molecule has 2 aromatic rings. The molecule has 2 aromatic carbocycles. The summed E-state index contributed by atoms with van der Waals surface area (Å²) in [7, 11) is 2.90. The number of ketones is 1. The Hall–Kier alpha value is -3.17. The standard InChI is InChI=1S/C27H30BrNO7/c1-34-22-14-23(35-2)25(21(31)11-10-16-6-5-8-18(28)12-16)26(36-15-30)24(22)19-9-4-3-7-17(19)13-20(29)27(32)33/h5-6,8,10-12,14-15,17,19-20H,3-4,7,9,13,29H2,1-2H3,(H,32,33)/b11-10+/t17?,19?,20-/m0/s1. The largest absolute Gasteiger partial charge is 0.496 e. The molecule has 1 aliphatic carbocycles. The van der Waals surface area contributed by atoms with Gasteiger partial charge in [-0.1, -0.05) is 47.0 Å². The molecule has 0 amide bonds. The summed E-state index contributed by atoms with van der Waals surface area (Å²) in [4.78, 5) is 36.5. The molecule has 2 unspecified atom stereocenters. The van der Waals surface area contributed by atoms with Gasteiger partial charge in [0.05, 0.1) is 14.2 Å². The van der Waals surface area contributed by atoms with E-state index in [1.807, 2.05) is 24.3 Å². The lowest BCUT2D eigenvalue weighted by Gasteiger charge is -2.35. The zero-order valence-corrected chi connectivity index (χ0v) is 21.8. The zero-order chi connectivity index (χ0) is 26.2. The molecule has 0 bridgehead atoms. The first-order valence-electron chi connectivity index (χ1n) is 11.7. The molecule has 9 heteroatoms. The summed E-state index contributed by atoms with van der Waals surface area (Å²) in [6.45, 7) is 0.271. The van der Waals surface area contributed by atoms with Crippen molar-refractivity contribution in [1.29, 1.82) is 0 Å². The number of rotatable bonds is 11. The average Bonchev–Trinajstić information content (AvgIpc) is 2.87. The topological polar surface area (TPSA) is 125 Å². The van der Waals surface area contributed by atoms with Gasteiger partial charge < -0.3 is 25.1 Å². The van der Waals surface area contributed by atoms with Gasteiger partial charge in [-0.05, 0) is 54.9 Å². The quantitative estimate of drug-likeness (QED) is 0.224.